The molecule has 3 nitrogen and oxygen atoms in total. The van der Waals surface area contributed by atoms with E-state index in [-0.39, 0.29) is 0 Å². The van der Waals surface area contributed by atoms with Gasteiger partial charge >= 0.3 is 0 Å². The molecular formula is C12H21N3S. The molecule has 0 amide bonds. The number of hydrogen-bond donors (Lipinski definition) is 1. The molecule has 1 atom stereocenters. The average Bonchev–Trinajstić information content (AvgIpc) is 2.68. The van der Waals surface area contributed by atoms with E-state index >= 15 is 0 Å². The summed E-state index contributed by atoms with van der Waals surface area (Å²) in [5.41, 5.74) is 0.355. The Morgan fingerprint density at radius 3 is 2.69 bits per heavy atom. The van der Waals surface area contributed by atoms with Crippen LogP contribution in [0.1, 0.15) is 64.7 Å². The van der Waals surface area contributed by atoms with Crippen LogP contribution in [0, 0.1) is 10.2 Å². The molecule has 16 heavy (non-hydrogen) atoms. The van der Waals surface area contributed by atoms with Crippen molar-refractivity contribution in [2.24, 2.45) is 5.41 Å². The van der Waals surface area contributed by atoms with Gasteiger partial charge in [0.25, 0.3) is 0 Å². The van der Waals surface area contributed by atoms with E-state index in [1.807, 2.05) is 0 Å². The molecule has 0 aromatic carbocycles. The molecule has 1 aliphatic rings. The molecular weight excluding hydrogens is 218 g/mol. The smallest absolute Gasteiger partial charge is 0.195 e. The first kappa shape index (κ1) is 11.8. The predicted molar refractivity (Wildman–Crippen MR) is 68.2 cm³/mol. The molecule has 0 spiro atoms. The first-order valence-corrected chi connectivity index (χ1v) is 6.51. The predicted octanol–water partition coefficient (Wildman–Crippen LogP) is 3.82. The van der Waals surface area contributed by atoms with Crippen LogP contribution in [0.25, 0.3) is 0 Å². The maximum absolute atomic E-state index is 5.30. The lowest BCUT2D eigenvalue weighted by Crippen LogP contribution is -2.20. The summed E-state index contributed by atoms with van der Waals surface area (Å²) in [6.45, 7) is 9.01. The highest BCUT2D eigenvalue weighted by Gasteiger charge is 2.38. The van der Waals surface area contributed by atoms with Gasteiger partial charge in [-0.05, 0) is 44.3 Å². The van der Waals surface area contributed by atoms with Crippen LogP contribution in [0.5, 0.6) is 0 Å². The molecule has 1 aromatic heterocycles. The first-order valence-electron chi connectivity index (χ1n) is 6.10. The van der Waals surface area contributed by atoms with Gasteiger partial charge in [0, 0.05) is 12.0 Å². The Bertz CT molecular complexity index is 428. The highest BCUT2D eigenvalue weighted by Crippen LogP contribution is 2.48. The van der Waals surface area contributed by atoms with Crippen molar-refractivity contribution in [2.45, 2.75) is 58.9 Å². The molecule has 1 aliphatic carbocycles. The SMILES string of the molecule is CC(C)n1c(C2CCCC2(C)C)n[nH]c1=S. The van der Waals surface area contributed by atoms with E-state index in [9.17, 15) is 0 Å². The van der Waals surface area contributed by atoms with Gasteiger partial charge in [-0.25, -0.2) is 0 Å². The molecule has 0 aliphatic heterocycles. The van der Waals surface area contributed by atoms with Crippen LogP contribution in [0.15, 0.2) is 0 Å². The number of aromatic nitrogens is 3. The van der Waals surface area contributed by atoms with Crippen molar-refractivity contribution in [1.82, 2.24) is 14.8 Å². The third-order valence-electron chi connectivity index (χ3n) is 3.82. The maximum Gasteiger partial charge on any atom is 0.195 e. The molecule has 1 N–H and O–H groups in total. The van der Waals surface area contributed by atoms with Crippen molar-refractivity contribution in [2.75, 3.05) is 0 Å². The van der Waals surface area contributed by atoms with Gasteiger partial charge in [0.15, 0.2) is 4.77 Å². The molecule has 1 fully saturated rings. The van der Waals surface area contributed by atoms with E-state index in [0.717, 1.165) is 10.6 Å². The molecule has 1 saturated carbocycles. The monoisotopic (exact) mass is 239 g/mol. The first-order chi connectivity index (χ1) is 7.43. The minimum Gasteiger partial charge on any atom is -0.301 e. The second kappa shape index (κ2) is 3.99. The summed E-state index contributed by atoms with van der Waals surface area (Å²) in [5.74, 6) is 1.70. The quantitative estimate of drug-likeness (QED) is 0.796. The van der Waals surface area contributed by atoms with E-state index in [2.05, 4.69) is 42.5 Å². The number of rotatable bonds is 2. The second-order valence-electron chi connectivity index (χ2n) is 5.78. The van der Waals surface area contributed by atoms with Gasteiger partial charge in [-0.2, -0.15) is 5.10 Å². The molecule has 2 rings (SSSR count). The Morgan fingerprint density at radius 1 is 1.50 bits per heavy atom. The van der Waals surface area contributed by atoms with Crippen molar-refractivity contribution in [1.29, 1.82) is 0 Å². The summed E-state index contributed by atoms with van der Waals surface area (Å²) in [5, 5.41) is 7.41. The minimum absolute atomic E-state index is 0.355. The largest absolute Gasteiger partial charge is 0.301 e. The molecule has 0 saturated heterocycles. The Morgan fingerprint density at radius 2 is 2.19 bits per heavy atom. The normalized spacial score (nSPS) is 24.2. The van der Waals surface area contributed by atoms with E-state index in [1.54, 1.807) is 0 Å². The van der Waals surface area contributed by atoms with Crippen LogP contribution in [-0.2, 0) is 0 Å². The van der Waals surface area contributed by atoms with Crippen LogP contribution in [-0.4, -0.2) is 14.8 Å². The van der Waals surface area contributed by atoms with Crippen LogP contribution >= 0.6 is 12.2 Å². The Balaban J connectivity index is 2.45. The maximum atomic E-state index is 5.30. The van der Waals surface area contributed by atoms with Gasteiger partial charge in [-0.3, -0.25) is 5.10 Å². The van der Waals surface area contributed by atoms with Gasteiger partial charge in [0.05, 0.1) is 0 Å². The fourth-order valence-electron chi connectivity index (χ4n) is 2.87. The lowest BCUT2D eigenvalue weighted by atomic mass is 9.81. The summed E-state index contributed by atoms with van der Waals surface area (Å²) in [4.78, 5) is 0. The number of nitrogens with zero attached hydrogens (tertiary/aromatic N) is 2. The molecule has 4 heteroatoms. The fourth-order valence-corrected chi connectivity index (χ4v) is 3.22. The van der Waals surface area contributed by atoms with E-state index in [0.29, 0.717) is 17.4 Å². The lowest BCUT2D eigenvalue weighted by molar-refractivity contribution is 0.311. The number of nitrogens with one attached hydrogen (secondary N) is 1. The fraction of sp³-hybridized carbons (Fsp3) is 0.833. The summed E-state index contributed by atoms with van der Waals surface area (Å²) >= 11 is 5.30. The average molecular weight is 239 g/mol. The topological polar surface area (TPSA) is 33.6 Å². The zero-order valence-corrected chi connectivity index (χ0v) is 11.4. The van der Waals surface area contributed by atoms with Crippen LogP contribution in [0.4, 0.5) is 0 Å². The summed E-state index contributed by atoms with van der Waals surface area (Å²) in [7, 11) is 0. The molecule has 1 heterocycles. The molecule has 90 valence electrons. The van der Waals surface area contributed by atoms with Crippen molar-refractivity contribution in [3.8, 4) is 0 Å². The summed E-state index contributed by atoms with van der Waals surface area (Å²) < 4.78 is 2.93. The Labute approximate surface area is 102 Å². The molecule has 0 bridgehead atoms. The van der Waals surface area contributed by atoms with Gasteiger partial charge < -0.3 is 4.57 Å². The van der Waals surface area contributed by atoms with Crippen molar-refractivity contribution >= 4 is 12.2 Å². The van der Waals surface area contributed by atoms with Crippen molar-refractivity contribution in [3.05, 3.63) is 10.6 Å². The minimum atomic E-state index is 0.355. The van der Waals surface area contributed by atoms with Gasteiger partial charge in [-0.15, -0.1) is 0 Å². The Kier molecular flexibility index (Phi) is 2.95. The van der Waals surface area contributed by atoms with Crippen LogP contribution in [0.3, 0.4) is 0 Å². The zero-order valence-electron chi connectivity index (χ0n) is 10.6. The van der Waals surface area contributed by atoms with Gasteiger partial charge in [0.2, 0.25) is 0 Å². The van der Waals surface area contributed by atoms with Crippen molar-refractivity contribution < 1.29 is 0 Å². The van der Waals surface area contributed by atoms with Crippen LogP contribution in [0.2, 0.25) is 0 Å². The standard InChI is InChI=1S/C12H21N3S/c1-8(2)15-10(13-14-11(15)16)9-6-5-7-12(9,3)4/h8-9H,5-7H2,1-4H3,(H,14,16). The van der Waals surface area contributed by atoms with Crippen LogP contribution < -0.4 is 0 Å². The third-order valence-corrected chi connectivity index (χ3v) is 4.11. The molecule has 0 radical (unpaired) electrons. The lowest BCUT2D eigenvalue weighted by Gasteiger charge is -2.27. The van der Waals surface area contributed by atoms with E-state index < -0.39 is 0 Å². The number of hydrogen-bond acceptors (Lipinski definition) is 2. The zero-order chi connectivity index (χ0) is 11.9. The summed E-state index contributed by atoms with van der Waals surface area (Å²) in [6, 6.07) is 0.387. The number of H-pyrrole nitrogens is 1. The molecule has 1 unspecified atom stereocenters. The number of aromatic amines is 1. The second-order valence-corrected chi connectivity index (χ2v) is 6.17. The van der Waals surface area contributed by atoms with E-state index in [4.69, 9.17) is 12.2 Å². The van der Waals surface area contributed by atoms with Gasteiger partial charge in [0.1, 0.15) is 5.82 Å². The van der Waals surface area contributed by atoms with Gasteiger partial charge in [-0.1, -0.05) is 20.3 Å². The third kappa shape index (κ3) is 1.83. The van der Waals surface area contributed by atoms with Crippen molar-refractivity contribution in [3.63, 3.8) is 0 Å². The highest BCUT2D eigenvalue weighted by molar-refractivity contribution is 7.71. The summed E-state index contributed by atoms with van der Waals surface area (Å²) in [6.07, 6.45) is 3.82. The molecule has 1 aromatic rings. The Hall–Kier alpha value is -0.640. The van der Waals surface area contributed by atoms with E-state index in [1.165, 1.54) is 19.3 Å². The highest BCUT2D eigenvalue weighted by atomic mass is 32.1.